The number of fused-ring (bicyclic) bond motifs is 1. The number of anilines is 1. The lowest BCUT2D eigenvalue weighted by molar-refractivity contribution is -0.137. The van der Waals surface area contributed by atoms with Gasteiger partial charge in [0.15, 0.2) is 0 Å². The number of alkyl halides is 3. The Morgan fingerprint density at radius 2 is 1.86 bits per heavy atom. The summed E-state index contributed by atoms with van der Waals surface area (Å²) in [6, 6.07) is 8.93. The number of rotatable bonds is 4. The molecule has 0 fully saturated rings. The van der Waals surface area contributed by atoms with Crippen LogP contribution in [0.25, 0.3) is 11.0 Å². The molecule has 0 unspecified atom stereocenters. The maximum absolute atomic E-state index is 13.0. The lowest BCUT2D eigenvalue weighted by Gasteiger charge is -2.15. The molecule has 0 saturated heterocycles. The highest BCUT2D eigenvalue weighted by Gasteiger charge is 2.33. The third-order valence-electron chi connectivity index (χ3n) is 4.10. The monoisotopic (exact) mass is 392 g/mol. The number of aromatic nitrogens is 2. The number of carbonyl (C=O) groups is 1. The molecular weight excluding hydrogens is 377 g/mol. The van der Waals surface area contributed by atoms with E-state index in [1.807, 2.05) is 0 Å². The van der Waals surface area contributed by atoms with Crippen molar-refractivity contribution >= 4 is 22.6 Å². The number of benzene rings is 2. The predicted molar refractivity (Wildman–Crippen MR) is 97.0 cm³/mol. The summed E-state index contributed by atoms with van der Waals surface area (Å²) < 4.78 is 40.3. The highest BCUT2D eigenvalue weighted by molar-refractivity contribution is 5.97. The molecule has 0 saturated carbocycles. The van der Waals surface area contributed by atoms with Crippen molar-refractivity contribution in [2.45, 2.75) is 19.6 Å². The number of para-hydroxylation sites is 1. The van der Waals surface area contributed by atoms with Crippen LogP contribution in [0.1, 0.15) is 22.8 Å². The van der Waals surface area contributed by atoms with Gasteiger partial charge in [0, 0.05) is 12.1 Å². The second kappa shape index (κ2) is 7.22. The Morgan fingerprint density at radius 1 is 1.14 bits per heavy atom. The van der Waals surface area contributed by atoms with Crippen LogP contribution in [0.5, 0.6) is 0 Å². The molecule has 3 rings (SSSR count). The average molecular weight is 392 g/mol. The van der Waals surface area contributed by atoms with E-state index in [9.17, 15) is 27.6 Å². The summed E-state index contributed by atoms with van der Waals surface area (Å²) in [7, 11) is 0. The molecule has 2 aromatic carbocycles. The van der Waals surface area contributed by atoms with Crippen LogP contribution >= 0.6 is 0 Å². The van der Waals surface area contributed by atoms with Gasteiger partial charge in [-0.05, 0) is 37.3 Å². The first kappa shape index (κ1) is 19.2. The minimum atomic E-state index is -4.58. The number of hydrogen-bond acceptors (Lipinski definition) is 4. The van der Waals surface area contributed by atoms with E-state index in [2.05, 4.69) is 15.8 Å². The Hall–Kier alpha value is -3.56. The van der Waals surface area contributed by atoms with Crippen molar-refractivity contribution in [1.29, 1.82) is 0 Å². The normalized spacial score (nSPS) is 11.4. The van der Waals surface area contributed by atoms with E-state index in [-0.39, 0.29) is 23.3 Å². The molecule has 7 nitrogen and oxygen atoms in total. The number of hydrazine groups is 1. The van der Waals surface area contributed by atoms with Gasteiger partial charge in [-0.3, -0.25) is 25.2 Å². The van der Waals surface area contributed by atoms with Crippen molar-refractivity contribution in [1.82, 2.24) is 15.0 Å². The van der Waals surface area contributed by atoms with Gasteiger partial charge in [0.2, 0.25) is 0 Å². The Labute approximate surface area is 155 Å². The Balaban J connectivity index is 1.88. The maximum atomic E-state index is 13.0. The van der Waals surface area contributed by atoms with Crippen molar-refractivity contribution in [3.63, 3.8) is 0 Å². The van der Waals surface area contributed by atoms with Gasteiger partial charge >= 0.3 is 17.3 Å². The molecule has 28 heavy (non-hydrogen) atoms. The van der Waals surface area contributed by atoms with E-state index >= 15 is 0 Å². The summed E-state index contributed by atoms with van der Waals surface area (Å²) in [5, 5.41) is 0. The number of amides is 1. The summed E-state index contributed by atoms with van der Waals surface area (Å²) in [5.74, 6) is -0.714. The van der Waals surface area contributed by atoms with Crippen molar-refractivity contribution in [3.8, 4) is 0 Å². The van der Waals surface area contributed by atoms with Gasteiger partial charge in [0.25, 0.3) is 5.91 Å². The van der Waals surface area contributed by atoms with Crippen molar-refractivity contribution in [2.24, 2.45) is 0 Å². The molecule has 0 aliphatic rings. The zero-order valence-corrected chi connectivity index (χ0v) is 14.6. The number of hydrogen-bond donors (Lipinski definition) is 3. The molecule has 3 N–H and O–H groups in total. The van der Waals surface area contributed by atoms with Crippen molar-refractivity contribution in [2.75, 3.05) is 5.43 Å². The van der Waals surface area contributed by atoms with Crippen LogP contribution in [0.15, 0.2) is 52.1 Å². The minimum absolute atomic E-state index is 0.0847. The molecule has 146 valence electrons. The Bertz CT molecular complexity index is 1170. The molecule has 1 heterocycles. The van der Waals surface area contributed by atoms with Gasteiger partial charge in [-0.15, -0.1) is 0 Å². The quantitative estimate of drug-likeness (QED) is 0.470. The van der Waals surface area contributed by atoms with Crippen LogP contribution in [0, 0.1) is 0 Å². The number of carbonyl (C=O) groups excluding carboxylic acids is 1. The van der Waals surface area contributed by atoms with Gasteiger partial charge in [0.1, 0.15) is 0 Å². The topological polar surface area (TPSA) is 96.0 Å². The molecule has 0 radical (unpaired) electrons. The van der Waals surface area contributed by atoms with Crippen LogP contribution in [-0.2, 0) is 12.7 Å². The predicted octanol–water partition coefficient (Wildman–Crippen LogP) is 2.49. The molecule has 1 aromatic heterocycles. The van der Waals surface area contributed by atoms with Gasteiger partial charge < -0.3 is 9.55 Å². The molecule has 10 heteroatoms. The van der Waals surface area contributed by atoms with Gasteiger partial charge in [-0.1, -0.05) is 12.1 Å². The molecule has 1 amide bonds. The number of aromatic amines is 1. The summed E-state index contributed by atoms with van der Waals surface area (Å²) >= 11 is 0. The standard InChI is InChI=1S/C18H15F3N4O3/c1-2-25-14-8-7-10(9-13(14)22-16(27)17(25)28)15(26)24-23-12-6-4-3-5-11(12)18(19,20)21/h3-9,23H,2H2,1H3,(H,22,27)(H,24,26). The minimum Gasteiger partial charge on any atom is -0.316 e. The number of aryl methyl sites for hydroxylation is 1. The van der Waals surface area contributed by atoms with E-state index in [4.69, 9.17) is 0 Å². The second-order valence-electron chi connectivity index (χ2n) is 5.86. The molecule has 0 bridgehead atoms. The SMILES string of the molecule is CCn1c(=O)c(=O)[nH]c2cc(C(=O)NNc3ccccc3C(F)(F)F)ccc21. The van der Waals surface area contributed by atoms with E-state index in [1.165, 1.54) is 41.0 Å². The third kappa shape index (κ3) is 3.61. The number of halogens is 3. The van der Waals surface area contributed by atoms with E-state index in [0.29, 0.717) is 5.52 Å². The zero-order chi connectivity index (χ0) is 20.5. The fraction of sp³-hybridized carbons (Fsp3) is 0.167. The average Bonchev–Trinajstić information content (AvgIpc) is 2.66. The molecular formula is C18H15F3N4O3. The maximum Gasteiger partial charge on any atom is 0.418 e. The Morgan fingerprint density at radius 3 is 2.54 bits per heavy atom. The van der Waals surface area contributed by atoms with Crippen LogP contribution in [-0.4, -0.2) is 15.5 Å². The first-order valence-electron chi connectivity index (χ1n) is 8.22. The fourth-order valence-corrected chi connectivity index (χ4v) is 2.77. The number of nitrogens with one attached hydrogen (secondary N) is 3. The lowest BCUT2D eigenvalue weighted by Crippen LogP contribution is -2.36. The van der Waals surface area contributed by atoms with Crippen LogP contribution in [0.3, 0.4) is 0 Å². The van der Waals surface area contributed by atoms with E-state index in [1.54, 1.807) is 6.92 Å². The molecule has 0 atom stereocenters. The van der Waals surface area contributed by atoms with E-state index in [0.717, 1.165) is 6.07 Å². The Kier molecular flexibility index (Phi) is 4.95. The number of nitrogens with zero attached hydrogens (tertiary/aromatic N) is 1. The molecule has 0 aliphatic carbocycles. The van der Waals surface area contributed by atoms with Gasteiger partial charge in [0.05, 0.1) is 22.3 Å². The summed E-state index contributed by atoms with van der Waals surface area (Å²) in [4.78, 5) is 38.3. The van der Waals surface area contributed by atoms with Gasteiger partial charge in [-0.25, -0.2) is 0 Å². The zero-order valence-electron chi connectivity index (χ0n) is 14.6. The summed E-state index contributed by atoms with van der Waals surface area (Å²) in [5.41, 5.74) is 2.46. The highest BCUT2D eigenvalue weighted by Crippen LogP contribution is 2.34. The summed E-state index contributed by atoms with van der Waals surface area (Å²) in [6.07, 6.45) is -4.58. The number of H-pyrrole nitrogens is 1. The summed E-state index contributed by atoms with van der Waals surface area (Å²) in [6.45, 7) is 1.96. The molecule has 0 spiro atoms. The third-order valence-corrected chi connectivity index (χ3v) is 4.10. The first-order chi connectivity index (χ1) is 13.2. The first-order valence-corrected chi connectivity index (χ1v) is 8.22. The van der Waals surface area contributed by atoms with Gasteiger partial charge in [-0.2, -0.15) is 13.2 Å². The van der Waals surface area contributed by atoms with Crippen molar-refractivity contribution in [3.05, 3.63) is 74.3 Å². The highest BCUT2D eigenvalue weighted by atomic mass is 19.4. The second-order valence-corrected chi connectivity index (χ2v) is 5.86. The van der Waals surface area contributed by atoms with Crippen LogP contribution in [0.2, 0.25) is 0 Å². The smallest absolute Gasteiger partial charge is 0.316 e. The molecule has 3 aromatic rings. The largest absolute Gasteiger partial charge is 0.418 e. The van der Waals surface area contributed by atoms with E-state index < -0.39 is 28.8 Å². The fourth-order valence-electron chi connectivity index (χ4n) is 2.77. The lowest BCUT2D eigenvalue weighted by atomic mass is 10.1. The van der Waals surface area contributed by atoms with Crippen LogP contribution < -0.4 is 22.0 Å². The van der Waals surface area contributed by atoms with Crippen LogP contribution in [0.4, 0.5) is 18.9 Å². The van der Waals surface area contributed by atoms with Crippen molar-refractivity contribution < 1.29 is 18.0 Å². The molecule has 0 aliphatic heterocycles.